The Morgan fingerprint density at radius 3 is 2.54 bits per heavy atom. The smallest absolute Gasteiger partial charge is 0.343 e. The highest BCUT2D eigenvalue weighted by Crippen LogP contribution is 2.30. The Bertz CT molecular complexity index is 1040. The maximum atomic E-state index is 12.1. The van der Waals surface area contributed by atoms with Crippen LogP contribution in [0.4, 0.5) is 0 Å². The number of hydrogen-bond acceptors (Lipinski definition) is 3. The number of carbonyl (C=O) groups is 1. The highest BCUT2D eigenvalue weighted by atomic mass is 35.5. The van der Waals surface area contributed by atoms with Crippen molar-refractivity contribution >= 4 is 29.4 Å². The lowest BCUT2D eigenvalue weighted by atomic mass is 10.1. The Morgan fingerprint density at radius 2 is 1.77 bits per heavy atom. The summed E-state index contributed by atoms with van der Waals surface area (Å²) >= 11 is 6.02. The molecule has 1 aliphatic heterocycles. The second kappa shape index (κ2) is 6.70. The van der Waals surface area contributed by atoms with Gasteiger partial charge in [-0.15, -0.1) is 0 Å². The molecule has 0 radical (unpaired) electrons. The number of benzene rings is 2. The van der Waals surface area contributed by atoms with Crippen LogP contribution in [0.15, 0.2) is 76.7 Å². The van der Waals surface area contributed by atoms with E-state index in [-0.39, 0.29) is 5.97 Å². The summed E-state index contributed by atoms with van der Waals surface area (Å²) in [6, 6.07) is 18.9. The van der Waals surface area contributed by atoms with Crippen molar-refractivity contribution in [1.29, 1.82) is 0 Å². The number of hydrogen-bond donors (Lipinski definition) is 0. The van der Waals surface area contributed by atoms with E-state index in [9.17, 15) is 4.79 Å². The number of halogens is 1. The summed E-state index contributed by atoms with van der Waals surface area (Å²) in [6.07, 6.45) is 3.41. The molecule has 0 saturated carbocycles. The quantitative estimate of drug-likeness (QED) is 0.430. The van der Waals surface area contributed by atoms with Gasteiger partial charge in [0.2, 0.25) is 0 Å². The Kier molecular flexibility index (Phi) is 4.23. The summed E-state index contributed by atoms with van der Waals surface area (Å²) in [5.74, 6) is 1.42. The molecule has 1 aliphatic rings. The monoisotopic (exact) mass is 362 g/mol. The van der Waals surface area contributed by atoms with Gasteiger partial charge in [-0.2, -0.15) is 0 Å². The largest absolute Gasteiger partial charge is 0.457 e. The fraction of sp³-hybridized carbons (Fsp3) is 0.0455. The van der Waals surface area contributed by atoms with E-state index >= 15 is 0 Å². The van der Waals surface area contributed by atoms with Crippen LogP contribution in [0.1, 0.15) is 16.9 Å². The maximum absolute atomic E-state index is 12.1. The molecule has 3 aromatic rings. The van der Waals surface area contributed by atoms with Gasteiger partial charge in [0.15, 0.2) is 0 Å². The molecule has 0 N–H and O–H groups in total. The van der Waals surface area contributed by atoms with Crippen LogP contribution in [0.2, 0.25) is 5.02 Å². The molecular formula is C22H15ClO3. The molecular weight excluding hydrogens is 348 g/mol. The second-order valence-electron chi connectivity index (χ2n) is 6.08. The number of carbonyl (C=O) groups excluding carboxylic acids is 1. The first-order valence-electron chi connectivity index (χ1n) is 8.17. The van der Waals surface area contributed by atoms with Crippen molar-refractivity contribution in [2.75, 3.05) is 0 Å². The van der Waals surface area contributed by atoms with Gasteiger partial charge in [0.25, 0.3) is 0 Å². The van der Waals surface area contributed by atoms with E-state index in [1.54, 1.807) is 12.2 Å². The maximum Gasteiger partial charge on any atom is 0.343 e. The van der Waals surface area contributed by atoms with E-state index < -0.39 is 0 Å². The van der Waals surface area contributed by atoms with Crippen LogP contribution >= 0.6 is 11.6 Å². The molecule has 128 valence electrons. The van der Waals surface area contributed by atoms with Crippen LogP contribution in [0, 0.1) is 6.92 Å². The zero-order valence-corrected chi connectivity index (χ0v) is 14.8. The van der Waals surface area contributed by atoms with Crippen LogP contribution in [0.25, 0.3) is 23.2 Å². The normalized spacial score (nSPS) is 15.2. The van der Waals surface area contributed by atoms with Crippen molar-refractivity contribution < 1.29 is 13.9 Å². The molecule has 0 unspecified atom stereocenters. The lowest BCUT2D eigenvalue weighted by Crippen LogP contribution is -1.96. The molecule has 3 nitrogen and oxygen atoms in total. The predicted molar refractivity (Wildman–Crippen MR) is 102 cm³/mol. The van der Waals surface area contributed by atoms with Gasteiger partial charge < -0.3 is 9.15 Å². The van der Waals surface area contributed by atoms with Crippen molar-refractivity contribution in [2.45, 2.75) is 6.92 Å². The summed E-state index contributed by atoms with van der Waals surface area (Å²) in [5.41, 5.74) is 3.35. The SMILES string of the molecule is Cc1ccc(C2=C/C(=C\c3ccc(-c4cccc(Cl)c4)o3)C(=O)O2)cc1. The highest BCUT2D eigenvalue weighted by Gasteiger charge is 2.22. The molecule has 0 fully saturated rings. The van der Waals surface area contributed by atoms with Crippen LogP contribution < -0.4 is 0 Å². The summed E-state index contributed by atoms with van der Waals surface area (Å²) in [5, 5.41) is 0.642. The number of esters is 1. The highest BCUT2D eigenvalue weighted by molar-refractivity contribution is 6.30. The lowest BCUT2D eigenvalue weighted by Gasteiger charge is -2.01. The predicted octanol–water partition coefficient (Wildman–Crippen LogP) is 5.89. The van der Waals surface area contributed by atoms with Gasteiger partial charge in [0, 0.05) is 16.1 Å². The molecule has 0 spiro atoms. The third kappa shape index (κ3) is 3.35. The molecule has 4 heteroatoms. The average molecular weight is 363 g/mol. The summed E-state index contributed by atoms with van der Waals surface area (Å²) in [7, 11) is 0. The van der Waals surface area contributed by atoms with Gasteiger partial charge in [-0.1, -0.05) is 53.6 Å². The molecule has 26 heavy (non-hydrogen) atoms. The van der Waals surface area contributed by atoms with Crippen LogP contribution in [-0.2, 0) is 9.53 Å². The molecule has 1 aromatic heterocycles. The zero-order valence-electron chi connectivity index (χ0n) is 14.0. The van der Waals surface area contributed by atoms with Crippen LogP contribution in [0.5, 0.6) is 0 Å². The Labute approximate surface area is 156 Å². The molecule has 4 rings (SSSR count). The Hall–Kier alpha value is -3.04. The van der Waals surface area contributed by atoms with Crippen LogP contribution in [-0.4, -0.2) is 5.97 Å². The number of cyclic esters (lactones) is 1. The molecule has 0 amide bonds. The summed E-state index contributed by atoms with van der Waals surface area (Å²) in [4.78, 5) is 12.1. The second-order valence-corrected chi connectivity index (χ2v) is 6.51. The first kappa shape index (κ1) is 16.4. The lowest BCUT2D eigenvalue weighted by molar-refractivity contribution is -0.130. The van der Waals surface area contributed by atoms with Gasteiger partial charge in [-0.25, -0.2) is 4.79 Å². The van der Waals surface area contributed by atoms with Gasteiger partial charge in [0.05, 0.1) is 5.57 Å². The van der Waals surface area contributed by atoms with Gasteiger partial charge in [0.1, 0.15) is 17.3 Å². The molecule has 2 heterocycles. The van der Waals surface area contributed by atoms with Gasteiger partial charge in [-0.3, -0.25) is 0 Å². The minimum Gasteiger partial charge on any atom is -0.457 e. The van der Waals surface area contributed by atoms with Crippen LogP contribution in [0.3, 0.4) is 0 Å². The third-order valence-corrected chi connectivity index (χ3v) is 4.33. The first-order chi connectivity index (χ1) is 12.6. The Balaban J connectivity index is 1.62. The van der Waals surface area contributed by atoms with E-state index in [2.05, 4.69) is 0 Å². The molecule has 0 atom stereocenters. The average Bonchev–Trinajstić information content (AvgIpc) is 3.23. The fourth-order valence-electron chi connectivity index (χ4n) is 2.73. The topological polar surface area (TPSA) is 39.4 Å². The molecule has 2 aromatic carbocycles. The third-order valence-electron chi connectivity index (χ3n) is 4.09. The number of rotatable bonds is 3. The van der Waals surface area contributed by atoms with Crippen molar-refractivity contribution in [2.24, 2.45) is 0 Å². The van der Waals surface area contributed by atoms with E-state index in [1.807, 2.05) is 67.6 Å². The van der Waals surface area contributed by atoms with Gasteiger partial charge in [-0.05, 0) is 43.3 Å². The number of ether oxygens (including phenoxy) is 1. The van der Waals surface area contributed by atoms with Crippen molar-refractivity contribution in [3.63, 3.8) is 0 Å². The minimum absolute atomic E-state index is 0.388. The number of aryl methyl sites for hydroxylation is 1. The summed E-state index contributed by atoms with van der Waals surface area (Å²) < 4.78 is 11.2. The van der Waals surface area contributed by atoms with E-state index in [4.69, 9.17) is 20.8 Å². The number of furan rings is 1. The minimum atomic E-state index is -0.388. The molecule has 0 aliphatic carbocycles. The molecule has 0 bridgehead atoms. The van der Waals surface area contributed by atoms with Crippen molar-refractivity contribution in [3.05, 3.63) is 94.2 Å². The van der Waals surface area contributed by atoms with E-state index in [1.165, 1.54) is 0 Å². The van der Waals surface area contributed by atoms with E-state index in [0.29, 0.717) is 27.9 Å². The standard InChI is InChI=1S/C22H15ClO3/c1-14-5-7-15(8-6-14)21-13-17(22(24)26-21)12-19-9-10-20(25-19)16-3-2-4-18(23)11-16/h2-13H,1H3/b17-12+. The zero-order chi connectivity index (χ0) is 18.1. The van der Waals surface area contributed by atoms with Gasteiger partial charge >= 0.3 is 5.97 Å². The Morgan fingerprint density at radius 1 is 0.962 bits per heavy atom. The summed E-state index contributed by atoms with van der Waals surface area (Å²) in [6.45, 7) is 2.01. The fourth-order valence-corrected chi connectivity index (χ4v) is 2.92. The van der Waals surface area contributed by atoms with Crippen molar-refractivity contribution in [1.82, 2.24) is 0 Å². The van der Waals surface area contributed by atoms with E-state index in [0.717, 1.165) is 16.7 Å². The van der Waals surface area contributed by atoms with Crippen molar-refractivity contribution in [3.8, 4) is 11.3 Å². The molecule has 0 saturated heterocycles. The first-order valence-corrected chi connectivity index (χ1v) is 8.55.